The van der Waals surface area contributed by atoms with Gasteiger partial charge in [-0.05, 0) is 11.6 Å². The van der Waals surface area contributed by atoms with Crippen molar-refractivity contribution in [3.63, 3.8) is 0 Å². The van der Waals surface area contributed by atoms with Crippen LogP contribution in [-0.2, 0) is 16.1 Å². The molecule has 0 saturated heterocycles. The molecular weight excluding hydrogens is 298 g/mol. The van der Waals surface area contributed by atoms with E-state index in [9.17, 15) is 5.11 Å². The first-order valence-corrected chi connectivity index (χ1v) is 6.72. The maximum Gasteiger partial charge on any atom is 0.0897 e. The molecule has 0 aliphatic heterocycles. The van der Waals surface area contributed by atoms with E-state index in [2.05, 4.69) is 21.2 Å². The van der Waals surface area contributed by atoms with Crippen LogP contribution < -0.4 is 5.32 Å². The molecule has 0 heterocycles. The number of aliphatic hydroxyl groups excluding tert-OH is 1. The Morgan fingerprint density at radius 3 is 2.89 bits per heavy atom. The molecule has 0 bridgehead atoms. The second kappa shape index (κ2) is 9.47. The molecule has 0 radical (unpaired) electrons. The van der Waals surface area contributed by atoms with E-state index < -0.39 is 6.10 Å². The zero-order valence-corrected chi connectivity index (χ0v) is 12.1. The van der Waals surface area contributed by atoms with Crippen molar-refractivity contribution in [1.82, 2.24) is 5.32 Å². The summed E-state index contributed by atoms with van der Waals surface area (Å²) in [4.78, 5) is 0. The Morgan fingerprint density at radius 2 is 2.17 bits per heavy atom. The molecule has 4 nitrogen and oxygen atoms in total. The molecule has 1 rings (SSSR count). The number of aliphatic hydroxyl groups is 1. The fraction of sp³-hybridized carbons (Fsp3) is 0.538. The summed E-state index contributed by atoms with van der Waals surface area (Å²) in [5, 5.41) is 12.7. The maximum atomic E-state index is 9.66. The van der Waals surface area contributed by atoms with Gasteiger partial charge < -0.3 is 19.9 Å². The van der Waals surface area contributed by atoms with Gasteiger partial charge in [-0.25, -0.2) is 0 Å². The Bertz CT molecular complexity index is 336. The smallest absolute Gasteiger partial charge is 0.0897 e. The Balaban J connectivity index is 2.12. The largest absolute Gasteiger partial charge is 0.389 e. The van der Waals surface area contributed by atoms with Gasteiger partial charge >= 0.3 is 0 Å². The van der Waals surface area contributed by atoms with E-state index in [0.29, 0.717) is 26.4 Å². The second-order valence-corrected chi connectivity index (χ2v) is 4.81. The lowest BCUT2D eigenvalue weighted by molar-refractivity contribution is 0.0280. The lowest BCUT2D eigenvalue weighted by Gasteiger charge is -2.12. The summed E-state index contributed by atoms with van der Waals surface area (Å²) in [6, 6.07) is 7.89. The van der Waals surface area contributed by atoms with Crippen molar-refractivity contribution < 1.29 is 14.6 Å². The van der Waals surface area contributed by atoms with E-state index in [1.54, 1.807) is 7.11 Å². The average Bonchev–Trinajstić information content (AvgIpc) is 2.37. The third-order valence-corrected chi connectivity index (χ3v) is 3.16. The van der Waals surface area contributed by atoms with Gasteiger partial charge in [-0.3, -0.25) is 0 Å². The molecule has 0 aliphatic carbocycles. The van der Waals surface area contributed by atoms with Gasteiger partial charge in [0.05, 0.1) is 25.9 Å². The molecule has 5 heteroatoms. The molecule has 0 amide bonds. The first-order valence-electron chi connectivity index (χ1n) is 5.93. The summed E-state index contributed by atoms with van der Waals surface area (Å²) in [7, 11) is 1.65. The molecule has 0 saturated carbocycles. The number of hydrogen-bond acceptors (Lipinski definition) is 4. The highest BCUT2D eigenvalue weighted by atomic mass is 79.9. The molecule has 0 aromatic heterocycles. The number of nitrogens with one attached hydrogen (secondary N) is 1. The summed E-state index contributed by atoms with van der Waals surface area (Å²) >= 11 is 3.45. The number of hydrogen-bond donors (Lipinski definition) is 2. The van der Waals surface area contributed by atoms with Crippen molar-refractivity contribution in [3.8, 4) is 0 Å². The number of methoxy groups -OCH3 is 1. The van der Waals surface area contributed by atoms with Gasteiger partial charge in [-0.15, -0.1) is 0 Å². The minimum Gasteiger partial charge on any atom is -0.389 e. The molecule has 1 unspecified atom stereocenters. The van der Waals surface area contributed by atoms with Crippen LogP contribution in [0.15, 0.2) is 28.7 Å². The first kappa shape index (κ1) is 15.6. The summed E-state index contributed by atoms with van der Waals surface area (Å²) in [6.45, 7) is 2.71. The molecule has 1 aromatic rings. The van der Waals surface area contributed by atoms with Crippen LogP contribution in [0.5, 0.6) is 0 Å². The van der Waals surface area contributed by atoms with E-state index >= 15 is 0 Å². The minimum absolute atomic E-state index is 0.321. The van der Waals surface area contributed by atoms with Gasteiger partial charge in [0, 0.05) is 24.7 Å². The van der Waals surface area contributed by atoms with Crippen molar-refractivity contribution in [1.29, 1.82) is 0 Å². The van der Waals surface area contributed by atoms with Gasteiger partial charge in [0.1, 0.15) is 0 Å². The molecule has 1 aromatic carbocycles. The topological polar surface area (TPSA) is 50.7 Å². The maximum absolute atomic E-state index is 9.66. The van der Waals surface area contributed by atoms with Crippen molar-refractivity contribution in [2.75, 3.05) is 33.4 Å². The van der Waals surface area contributed by atoms with Gasteiger partial charge in [0.25, 0.3) is 0 Å². The number of benzene rings is 1. The number of rotatable bonds is 9. The normalized spacial score (nSPS) is 12.6. The van der Waals surface area contributed by atoms with Crippen LogP contribution in [0.25, 0.3) is 0 Å². The highest BCUT2D eigenvalue weighted by molar-refractivity contribution is 9.10. The van der Waals surface area contributed by atoms with Gasteiger partial charge in [-0.1, -0.05) is 34.1 Å². The van der Waals surface area contributed by atoms with Gasteiger partial charge in [-0.2, -0.15) is 0 Å². The second-order valence-electron chi connectivity index (χ2n) is 3.96. The third kappa shape index (κ3) is 6.47. The Morgan fingerprint density at radius 1 is 1.39 bits per heavy atom. The lowest BCUT2D eigenvalue weighted by Crippen LogP contribution is -2.32. The minimum atomic E-state index is -0.496. The summed E-state index contributed by atoms with van der Waals surface area (Å²) in [6.07, 6.45) is -0.496. The van der Waals surface area contributed by atoms with Crippen molar-refractivity contribution in [3.05, 3.63) is 34.3 Å². The van der Waals surface area contributed by atoms with Crippen LogP contribution in [0.3, 0.4) is 0 Å². The van der Waals surface area contributed by atoms with Crippen LogP contribution in [-0.4, -0.2) is 44.6 Å². The molecular formula is C13H20BrNO3. The zero-order valence-electron chi connectivity index (χ0n) is 10.6. The highest BCUT2D eigenvalue weighted by Crippen LogP contribution is 2.16. The van der Waals surface area contributed by atoms with E-state index in [-0.39, 0.29) is 0 Å². The van der Waals surface area contributed by atoms with Crippen molar-refractivity contribution >= 4 is 15.9 Å². The fourth-order valence-electron chi connectivity index (χ4n) is 1.42. The molecule has 2 N–H and O–H groups in total. The molecule has 1 atom stereocenters. The number of ether oxygens (including phenoxy) is 2. The number of halogens is 1. The van der Waals surface area contributed by atoms with Crippen molar-refractivity contribution in [2.24, 2.45) is 0 Å². The van der Waals surface area contributed by atoms with Crippen LogP contribution >= 0.6 is 15.9 Å². The monoisotopic (exact) mass is 317 g/mol. The summed E-state index contributed by atoms with van der Waals surface area (Å²) < 4.78 is 11.4. The first-order chi connectivity index (χ1) is 8.74. The van der Waals surface area contributed by atoms with E-state index in [1.165, 1.54) is 0 Å². The standard InChI is InChI=1S/C13H20BrNO3/c1-17-7-6-15-8-12(16)10-18-9-11-4-2-3-5-13(11)14/h2-5,12,15-16H,6-10H2,1H3. The van der Waals surface area contributed by atoms with Gasteiger partial charge in [0.2, 0.25) is 0 Å². The van der Waals surface area contributed by atoms with Crippen LogP contribution in [0.4, 0.5) is 0 Å². The van der Waals surface area contributed by atoms with Crippen LogP contribution in [0.1, 0.15) is 5.56 Å². The summed E-state index contributed by atoms with van der Waals surface area (Å²) in [5.74, 6) is 0. The predicted molar refractivity (Wildman–Crippen MR) is 74.6 cm³/mol. The van der Waals surface area contributed by atoms with Crippen molar-refractivity contribution in [2.45, 2.75) is 12.7 Å². The van der Waals surface area contributed by atoms with E-state index in [1.807, 2.05) is 24.3 Å². The SMILES string of the molecule is COCCNCC(O)COCc1ccccc1Br. The highest BCUT2D eigenvalue weighted by Gasteiger charge is 2.04. The molecule has 18 heavy (non-hydrogen) atoms. The quantitative estimate of drug-likeness (QED) is 0.679. The third-order valence-electron chi connectivity index (χ3n) is 2.39. The van der Waals surface area contributed by atoms with Crippen LogP contribution in [0.2, 0.25) is 0 Å². The van der Waals surface area contributed by atoms with E-state index in [4.69, 9.17) is 9.47 Å². The summed E-state index contributed by atoms with van der Waals surface area (Å²) in [5.41, 5.74) is 1.08. The Kier molecular flexibility index (Phi) is 8.20. The molecule has 0 fully saturated rings. The molecule has 0 spiro atoms. The predicted octanol–water partition coefficient (Wildman–Crippen LogP) is 1.56. The lowest BCUT2D eigenvalue weighted by atomic mass is 10.2. The molecule has 102 valence electrons. The fourth-order valence-corrected chi connectivity index (χ4v) is 1.82. The van der Waals surface area contributed by atoms with Crippen LogP contribution in [0, 0.1) is 0 Å². The average molecular weight is 318 g/mol. The zero-order chi connectivity index (χ0) is 13.2. The Labute approximate surface area is 116 Å². The van der Waals surface area contributed by atoms with Gasteiger partial charge in [0.15, 0.2) is 0 Å². The van der Waals surface area contributed by atoms with E-state index in [0.717, 1.165) is 16.6 Å². The Hall–Kier alpha value is -0.460. The molecule has 0 aliphatic rings.